The highest BCUT2D eigenvalue weighted by Crippen LogP contribution is 2.36. The fourth-order valence-electron chi connectivity index (χ4n) is 4.56. The van der Waals surface area contributed by atoms with Crippen molar-refractivity contribution >= 4 is 22.4 Å². The van der Waals surface area contributed by atoms with Crippen molar-refractivity contribution in [3.8, 4) is 44.8 Å². The predicted molar refractivity (Wildman–Crippen MR) is 149 cm³/mol. The van der Waals surface area contributed by atoms with Crippen LogP contribution < -0.4 is 0 Å². The highest BCUT2D eigenvalue weighted by atomic mass is 32.1. The molecule has 168 valence electrons. The molecule has 0 N–H and O–H groups in total. The molecule has 0 amide bonds. The largest absolute Gasteiger partial charge is 0.243 e. The Balaban J connectivity index is 1.48. The van der Waals surface area contributed by atoms with Crippen molar-refractivity contribution in [3.05, 3.63) is 119 Å². The van der Waals surface area contributed by atoms with Gasteiger partial charge in [-0.3, -0.25) is 0 Å². The summed E-state index contributed by atoms with van der Waals surface area (Å²) in [5.74, 6) is 0. The van der Waals surface area contributed by atoms with E-state index in [4.69, 9.17) is 9.97 Å². The van der Waals surface area contributed by atoms with Crippen molar-refractivity contribution in [3.63, 3.8) is 0 Å². The van der Waals surface area contributed by atoms with E-state index in [-0.39, 0.29) is 0 Å². The third-order valence-corrected chi connectivity index (χ3v) is 7.40. The summed E-state index contributed by atoms with van der Waals surface area (Å²) in [6, 6.07) is 38.3. The van der Waals surface area contributed by atoms with Crippen LogP contribution in [0, 0.1) is 13.8 Å². The quantitative estimate of drug-likeness (QED) is 0.258. The minimum Gasteiger partial charge on any atom is -0.243 e. The summed E-state index contributed by atoms with van der Waals surface area (Å²) in [5, 5.41) is 0. The summed E-state index contributed by atoms with van der Waals surface area (Å²) >= 11 is 1.76. The molecule has 4 aromatic carbocycles. The molecule has 2 nitrogen and oxygen atoms in total. The molecule has 3 heteroatoms. The predicted octanol–water partition coefficient (Wildman–Crippen LogP) is 8.98. The number of hydrogen-bond acceptors (Lipinski definition) is 3. The molecule has 0 atom stereocenters. The van der Waals surface area contributed by atoms with Gasteiger partial charge in [0.25, 0.3) is 0 Å². The standard InChI is InChI=1S/C32H24N2S/c1-21-29-30(22(2)35-21)34-32(28-19-15-26(16-20-28)24-11-7-4-8-12-24)31(33-29)27-17-13-25(14-18-27)23-9-5-3-6-10-23/h3-20H,1-2H3. The summed E-state index contributed by atoms with van der Waals surface area (Å²) < 4.78 is 0. The third kappa shape index (κ3) is 4.05. The molecule has 0 saturated heterocycles. The van der Waals surface area contributed by atoms with Crippen LogP contribution in [-0.4, -0.2) is 9.97 Å². The first-order valence-corrected chi connectivity index (χ1v) is 12.6. The molecule has 6 aromatic rings. The van der Waals surface area contributed by atoms with Crippen molar-refractivity contribution < 1.29 is 0 Å². The van der Waals surface area contributed by atoms with Crippen LogP contribution in [0.25, 0.3) is 55.8 Å². The Morgan fingerprint density at radius 1 is 0.400 bits per heavy atom. The van der Waals surface area contributed by atoms with E-state index in [1.54, 1.807) is 11.3 Å². The number of aryl methyl sites for hydroxylation is 2. The molecule has 2 heterocycles. The van der Waals surface area contributed by atoms with Crippen LogP contribution in [-0.2, 0) is 0 Å². The van der Waals surface area contributed by atoms with E-state index < -0.39 is 0 Å². The molecule has 2 aromatic heterocycles. The van der Waals surface area contributed by atoms with Gasteiger partial charge in [-0.2, -0.15) is 0 Å². The van der Waals surface area contributed by atoms with Crippen LogP contribution in [0.2, 0.25) is 0 Å². The molecule has 0 unspecified atom stereocenters. The molecular weight excluding hydrogens is 444 g/mol. The maximum Gasteiger partial charge on any atom is 0.103 e. The Bertz CT molecular complexity index is 1490. The maximum atomic E-state index is 5.17. The molecule has 0 aliphatic heterocycles. The second kappa shape index (κ2) is 8.94. The van der Waals surface area contributed by atoms with Gasteiger partial charge in [-0.1, -0.05) is 109 Å². The summed E-state index contributed by atoms with van der Waals surface area (Å²) in [6.07, 6.45) is 0. The minimum absolute atomic E-state index is 0.922. The summed E-state index contributed by atoms with van der Waals surface area (Å²) in [7, 11) is 0. The molecule has 0 saturated carbocycles. The van der Waals surface area contributed by atoms with Gasteiger partial charge in [-0.25, -0.2) is 9.97 Å². The smallest absolute Gasteiger partial charge is 0.103 e. The summed E-state index contributed by atoms with van der Waals surface area (Å²) in [5.41, 5.74) is 10.8. The molecule has 0 bridgehead atoms. The highest BCUT2D eigenvalue weighted by Gasteiger charge is 2.17. The number of fused-ring (bicyclic) bond motifs is 1. The lowest BCUT2D eigenvalue weighted by molar-refractivity contribution is 1.29. The van der Waals surface area contributed by atoms with Crippen molar-refractivity contribution in [1.82, 2.24) is 9.97 Å². The molecule has 0 radical (unpaired) electrons. The van der Waals surface area contributed by atoms with Gasteiger partial charge in [-0.15, -0.1) is 11.3 Å². The van der Waals surface area contributed by atoms with Gasteiger partial charge in [0, 0.05) is 20.9 Å². The normalized spacial score (nSPS) is 11.1. The van der Waals surface area contributed by atoms with Gasteiger partial charge in [-0.05, 0) is 36.1 Å². The monoisotopic (exact) mass is 468 g/mol. The topological polar surface area (TPSA) is 25.8 Å². The summed E-state index contributed by atoms with van der Waals surface area (Å²) in [6.45, 7) is 4.26. The molecule has 0 fully saturated rings. The Labute approximate surface area is 209 Å². The first kappa shape index (κ1) is 21.5. The first-order chi connectivity index (χ1) is 17.2. The highest BCUT2D eigenvalue weighted by molar-refractivity contribution is 7.13. The zero-order chi connectivity index (χ0) is 23.8. The molecule has 0 spiro atoms. The molecule has 0 aliphatic carbocycles. The van der Waals surface area contributed by atoms with Crippen LogP contribution >= 0.6 is 11.3 Å². The van der Waals surface area contributed by atoms with Gasteiger partial charge >= 0.3 is 0 Å². The van der Waals surface area contributed by atoms with E-state index in [1.807, 2.05) is 12.1 Å². The Morgan fingerprint density at radius 3 is 1.09 bits per heavy atom. The number of nitrogens with zero attached hydrogens (tertiary/aromatic N) is 2. The van der Waals surface area contributed by atoms with E-state index in [0.717, 1.165) is 33.5 Å². The van der Waals surface area contributed by atoms with Gasteiger partial charge in [0.2, 0.25) is 0 Å². The fraction of sp³-hybridized carbons (Fsp3) is 0.0625. The third-order valence-electron chi connectivity index (χ3n) is 6.40. The van der Waals surface area contributed by atoms with Crippen molar-refractivity contribution in [1.29, 1.82) is 0 Å². The molecule has 35 heavy (non-hydrogen) atoms. The first-order valence-electron chi connectivity index (χ1n) is 11.8. The number of rotatable bonds is 4. The maximum absolute atomic E-state index is 5.17. The lowest BCUT2D eigenvalue weighted by Crippen LogP contribution is -1.95. The zero-order valence-electron chi connectivity index (χ0n) is 19.7. The van der Waals surface area contributed by atoms with Crippen molar-refractivity contribution in [2.24, 2.45) is 0 Å². The molecular formula is C32H24N2S. The van der Waals surface area contributed by atoms with Gasteiger partial charge in [0.1, 0.15) is 11.0 Å². The number of benzene rings is 4. The Hall–Kier alpha value is -4.08. The Morgan fingerprint density at radius 2 is 0.714 bits per heavy atom. The van der Waals surface area contributed by atoms with Crippen LogP contribution in [0.3, 0.4) is 0 Å². The van der Waals surface area contributed by atoms with E-state index in [2.05, 4.69) is 111 Å². The molecule has 6 rings (SSSR count). The Kier molecular flexibility index (Phi) is 5.48. The van der Waals surface area contributed by atoms with Gasteiger partial charge < -0.3 is 0 Å². The zero-order valence-corrected chi connectivity index (χ0v) is 20.5. The van der Waals surface area contributed by atoms with Crippen LogP contribution in [0.4, 0.5) is 0 Å². The average Bonchev–Trinajstić information content (AvgIpc) is 3.21. The average molecular weight is 469 g/mol. The van der Waals surface area contributed by atoms with E-state index in [0.29, 0.717) is 0 Å². The van der Waals surface area contributed by atoms with E-state index in [1.165, 1.54) is 32.0 Å². The SMILES string of the molecule is Cc1sc(C)c2nc(-c3ccc(-c4ccccc4)cc3)c(-c3ccc(-c4ccccc4)cc3)nc12. The second-order valence-electron chi connectivity index (χ2n) is 8.72. The van der Waals surface area contributed by atoms with Gasteiger partial charge in [0.05, 0.1) is 11.4 Å². The van der Waals surface area contributed by atoms with E-state index in [9.17, 15) is 0 Å². The van der Waals surface area contributed by atoms with Gasteiger partial charge in [0.15, 0.2) is 0 Å². The van der Waals surface area contributed by atoms with Crippen LogP contribution in [0.1, 0.15) is 9.75 Å². The van der Waals surface area contributed by atoms with Crippen LogP contribution in [0.5, 0.6) is 0 Å². The lowest BCUT2D eigenvalue weighted by Gasteiger charge is -2.11. The van der Waals surface area contributed by atoms with Crippen molar-refractivity contribution in [2.45, 2.75) is 13.8 Å². The number of hydrogen-bond donors (Lipinski definition) is 0. The minimum atomic E-state index is 0.922. The number of aromatic nitrogens is 2. The fourth-order valence-corrected chi connectivity index (χ4v) is 5.49. The molecule has 0 aliphatic rings. The van der Waals surface area contributed by atoms with E-state index >= 15 is 0 Å². The van der Waals surface area contributed by atoms with Crippen LogP contribution in [0.15, 0.2) is 109 Å². The second-order valence-corrected chi connectivity index (χ2v) is 10.1. The summed E-state index contributed by atoms with van der Waals surface area (Å²) in [4.78, 5) is 12.8. The number of thiophene rings is 1. The van der Waals surface area contributed by atoms with Crippen molar-refractivity contribution in [2.75, 3.05) is 0 Å². The lowest BCUT2D eigenvalue weighted by atomic mass is 9.98.